The van der Waals surface area contributed by atoms with Crippen LogP contribution in [0.15, 0.2) is 18.3 Å². The number of carboxylic acids is 1. The second-order valence-electron chi connectivity index (χ2n) is 4.60. The molecule has 0 saturated carbocycles. The predicted molar refractivity (Wildman–Crippen MR) is 70.5 cm³/mol. The van der Waals surface area contributed by atoms with Crippen molar-refractivity contribution in [3.8, 4) is 0 Å². The van der Waals surface area contributed by atoms with Gasteiger partial charge in [-0.15, -0.1) is 0 Å². The maximum absolute atomic E-state index is 11.2. The Morgan fingerprint density at radius 3 is 3.00 bits per heavy atom. The van der Waals surface area contributed by atoms with Gasteiger partial charge in [-0.05, 0) is 31.4 Å². The number of nitrogens with zero attached hydrogens (tertiary/aromatic N) is 2. The van der Waals surface area contributed by atoms with E-state index in [-0.39, 0.29) is 11.8 Å². The number of hydrogen-bond acceptors (Lipinski definition) is 3. The van der Waals surface area contributed by atoms with Crippen molar-refractivity contribution >= 4 is 28.5 Å². The SMILES string of the molecule is O=C(O)c1cc(Cl)cc2c1cnn2C1CCCCO1. The number of aromatic nitrogens is 2. The van der Waals surface area contributed by atoms with Crippen molar-refractivity contribution in [2.24, 2.45) is 0 Å². The minimum absolute atomic E-state index is 0.133. The second kappa shape index (κ2) is 4.83. The smallest absolute Gasteiger partial charge is 0.336 e. The van der Waals surface area contributed by atoms with Gasteiger partial charge in [0.15, 0.2) is 6.23 Å². The van der Waals surface area contributed by atoms with E-state index in [2.05, 4.69) is 5.10 Å². The van der Waals surface area contributed by atoms with Crippen LogP contribution in [0.5, 0.6) is 0 Å². The Balaban J connectivity index is 2.14. The Morgan fingerprint density at radius 2 is 2.32 bits per heavy atom. The van der Waals surface area contributed by atoms with Crippen molar-refractivity contribution in [3.05, 3.63) is 28.9 Å². The molecular formula is C13H13ClN2O3. The van der Waals surface area contributed by atoms with Gasteiger partial charge in [0.1, 0.15) is 0 Å². The molecule has 2 aromatic rings. The molecule has 3 rings (SSSR count). The molecule has 1 aliphatic rings. The summed E-state index contributed by atoms with van der Waals surface area (Å²) in [5.41, 5.74) is 0.876. The highest BCUT2D eigenvalue weighted by Crippen LogP contribution is 2.29. The molecule has 0 amide bonds. The number of hydrogen-bond donors (Lipinski definition) is 1. The van der Waals surface area contributed by atoms with Gasteiger partial charge >= 0.3 is 5.97 Å². The average molecular weight is 281 g/mol. The van der Waals surface area contributed by atoms with E-state index < -0.39 is 5.97 Å². The molecule has 1 saturated heterocycles. The van der Waals surface area contributed by atoms with Crippen molar-refractivity contribution in [2.45, 2.75) is 25.5 Å². The highest BCUT2D eigenvalue weighted by molar-refractivity contribution is 6.32. The Labute approximate surface area is 114 Å². The highest BCUT2D eigenvalue weighted by atomic mass is 35.5. The maximum atomic E-state index is 11.2. The number of carbonyl (C=O) groups is 1. The summed E-state index contributed by atoms with van der Waals surface area (Å²) >= 11 is 5.99. The standard InChI is InChI=1S/C13H13ClN2O3/c14-8-5-9(13(17)18)10-7-15-16(11(10)6-8)12-3-1-2-4-19-12/h5-7,12H,1-4H2,(H,17,18). The molecule has 1 aromatic carbocycles. The zero-order valence-electron chi connectivity index (χ0n) is 10.2. The van der Waals surface area contributed by atoms with E-state index in [1.807, 2.05) is 0 Å². The van der Waals surface area contributed by atoms with Crippen LogP contribution in [0, 0.1) is 0 Å². The van der Waals surface area contributed by atoms with E-state index in [1.54, 1.807) is 16.9 Å². The fraction of sp³-hybridized carbons (Fsp3) is 0.385. The normalized spacial score (nSPS) is 19.7. The molecule has 1 atom stereocenters. The number of carboxylic acid groups (broad SMARTS) is 1. The van der Waals surface area contributed by atoms with Crippen LogP contribution in [0.1, 0.15) is 35.8 Å². The fourth-order valence-corrected chi connectivity index (χ4v) is 2.65. The van der Waals surface area contributed by atoms with E-state index in [0.717, 1.165) is 19.3 Å². The van der Waals surface area contributed by atoms with Gasteiger partial charge in [0, 0.05) is 17.0 Å². The second-order valence-corrected chi connectivity index (χ2v) is 5.04. The van der Waals surface area contributed by atoms with Crippen molar-refractivity contribution in [1.29, 1.82) is 0 Å². The molecule has 1 fully saturated rings. The number of benzene rings is 1. The molecule has 1 unspecified atom stereocenters. The summed E-state index contributed by atoms with van der Waals surface area (Å²) in [7, 11) is 0. The summed E-state index contributed by atoms with van der Waals surface area (Å²) in [4.78, 5) is 11.2. The van der Waals surface area contributed by atoms with Crippen LogP contribution in [0.25, 0.3) is 10.9 Å². The molecule has 1 aromatic heterocycles. The van der Waals surface area contributed by atoms with Gasteiger partial charge in [-0.25, -0.2) is 9.48 Å². The Kier molecular flexibility index (Phi) is 3.16. The third-order valence-electron chi connectivity index (χ3n) is 3.34. The first kappa shape index (κ1) is 12.4. The van der Waals surface area contributed by atoms with E-state index in [0.29, 0.717) is 22.5 Å². The van der Waals surface area contributed by atoms with Gasteiger partial charge in [0.2, 0.25) is 0 Å². The number of aromatic carboxylic acids is 1. The minimum atomic E-state index is -1.00. The van der Waals surface area contributed by atoms with Gasteiger partial charge in [0.25, 0.3) is 0 Å². The molecular weight excluding hydrogens is 268 g/mol. The van der Waals surface area contributed by atoms with Crippen molar-refractivity contribution in [3.63, 3.8) is 0 Å². The van der Waals surface area contributed by atoms with Crippen molar-refractivity contribution < 1.29 is 14.6 Å². The number of halogens is 1. The van der Waals surface area contributed by atoms with Gasteiger partial charge in [-0.2, -0.15) is 5.10 Å². The first-order valence-corrected chi connectivity index (χ1v) is 6.56. The molecule has 0 radical (unpaired) electrons. The fourth-order valence-electron chi connectivity index (χ4n) is 2.43. The molecule has 100 valence electrons. The lowest BCUT2D eigenvalue weighted by Gasteiger charge is -2.23. The summed E-state index contributed by atoms with van der Waals surface area (Å²) in [5.74, 6) is -1.00. The monoisotopic (exact) mass is 280 g/mol. The summed E-state index contributed by atoms with van der Waals surface area (Å²) in [6, 6.07) is 3.17. The summed E-state index contributed by atoms with van der Waals surface area (Å²) in [6.45, 7) is 0.707. The van der Waals surface area contributed by atoms with Crippen molar-refractivity contribution in [2.75, 3.05) is 6.61 Å². The number of fused-ring (bicyclic) bond motifs is 1. The molecule has 6 heteroatoms. The third kappa shape index (κ3) is 2.19. The lowest BCUT2D eigenvalue weighted by molar-refractivity contribution is -0.0366. The molecule has 0 spiro atoms. The van der Waals surface area contributed by atoms with Crippen LogP contribution in [0.3, 0.4) is 0 Å². The molecule has 2 heterocycles. The van der Waals surface area contributed by atoms with Crippen LogP contribution in [-0.2, 0) is 4.74 Å². The third-order valence-corrected chi connectivity index (χ3v) is 3.56. The largest absolute Gasteiger partial charge is 0.478 e. The van der Waals surface area contributed by atoms with E-state index in [1.165, 1.54) is 6.07 Å². The summed E-state index contributed by atoms with van der Waals surface area (Å²) in [5, 5.41) is 14.5. The lowest BCUT2D eigenvalue weighted by Crippen LogP contribution is -2.19. The maximum Gasteiger partial charge on any atom is 0.336 e. The van der Waals surface area contributed by atoms with E-state index in [4.69, 9.17) is 16.3 Å². The van der Waals surface area contributed by atoms with Gasteiger partial charge in [-0.3, -0.25) is 0 Å². The molecule has 5 nitrogen and oxygen atoms in total. The van der Waals surface area contributed by atoms with Gasteiger partial charge < -0.3 is 9.84 Å². The Hall–Kier alpha value is -1.59. The van der Waals surface area contributed by atoms with E-state index in [9.17, 15) is 9.90 Å². The molecule has 0 bridgehead atoms. The van der Waals surface area contributed by atoms with Crippen LogP contribution in [0.2, 0.25) is 5.02 Å². The Morgan fingerprint density at radius 1 is 1.47 bits per heavy atom. The average Bonchev–Trinajstić information content (AvgIpc) is 2.82. The highest BCUT2D eigenvalue weighted by Gasteiger charge is 2.21. The quantitative estimate of drug-likeness (QED) is 0.918. The first-order chi connectivity index (χ1) is 9.16. The summed E-state index contributed by atoms with van der Waals surface area (Å²) < 4.78 is 7.41. The summed E-state index contributed by atoms with van der Waals surface area (Å²) in [6.07, 6.45) is 4.44. The van der Waals surface area contributed by atoms with E-state index >= 15 is 0 Å². The van der Waals surface area contributed by atoms with Crippen LogP contribution in [-0.4, -0.2) is 27.5 Å². The minimum Gasteiger partial charge on any atom is -0.478 e. The topological polar surface area (TPSA) is 64.3 Å². The van der Waals surface area contributed by atoms with Crippen LogP contribution >= 0.6 is 11.6 Å². The Bertz CT molecular complexity index is 632. The molecule has 0 aliphatic carbocycles. The zero-order valence-corrected chi connectivity index (χ0v) is 10.9. The number of ether oxygens (including phenoxy) is 1. The molecule has 19 heavy (non-hydrogen) atoms. The zero-order chi connectivity index (χ0) is 13.4. The number of rotatable bonds is 2. The lowest BCUT2D eigenvalue weighted by atomic mass is 10.1. The van der Waals surface area contributed by atoms with Crippen LogP contribution < -0.4 is 0 Å². The van der Waals surface area contributed by atoms with Gasteiger partial charge in [0.05, 0.1) is 17.3 Å². The van der Waals surface area contributed by atoms with Crippen molar-refractivity contribution in [1.82, 2.24) is 9.78 Å². The van der Waals surface area contributed by atoms with Gasteiger partial charge in [-0.1, -0.05) is 11.6 Å². The predicted octanol–water partition coefficient (Wildman–Crippen LogP) is 3.09. The van der Waals surface area contributed by atoms with Crippen LogP contribution in [0.4, 0.5) is 0 Å². The molecule has 1 N–H and O–H groups in total. The first-order valence-electron chi connectivity index (χ1n) is 6.18. The molecule has 1 aliphatic heterocycles.